The van der Waals surface area contributed by atoms with E-state index in [-0.39, 0.29) is 12.1 Å². The summed E-state index contributed by atoms with van der Waals surface area (Å²) in [7, 11) is 0. The van der Waals surface area contributed by atoms with Gasteiger partial charge in [-0.1, -0.05) is 18.2 Å². The van der Waals surface area contributed by atoms with Crippen molar-refractivity contribution in [3.63, 3.8) is 0 Å². The molecule has 1 aliphatic heterocycles. The number of carbonyl (C=O) groups is 2. The molecule has 8 nitrogen and oxygen atoms in total. The number of rotatable bonds is 5. The number of hydrogen-bond acceptors (Lipinski definition) is 5. The van der Waals surface area contributed by atoms with Crippen LogP contribution in [0.2, 0.25) is 0 Å². The monoisotopic (exact) mass is 390 g/mol. The van der Waals surface area contributed by atoms with Gasteiger partial charge in [0.25, 0.3) is 11.5 Å². The molecule has 3 amide bonds. The van der Waals surface area contributed by atoms with Gasteiger partial charge in [-0.05, 0) is 42.8 Å². The summed E-state index contributed by atoms with van der Waals surface area (Å²) in [4.78, 5) is 41.1. The van der Waals surface area contributed by atoms with Gasteiger partial charge in [-0.25, -0.2) is 4.79 Å². The molecule has 146 valence electrons. The SMILES string of the molecule is Cc1cccn(CC2(c3ccc(Oc4cccnc4)cc3)NC(=O)NC2=O)c1=O. The van der Waals surface area contributed by atoms with E-state index in [4.69, 9.17) is 4.74 Å². The van der Waals surface area contributed by atoms with Crippen molar-refractivity contribution in [2.75, 3.05) is 0 Å². The van der Waals surface area contributed by atoms with Crippen LogP contribution >= 0.6 is 0 Å². The van der Waals surface area contributed by atoms with Crippen LogP contribution in [0.5, 0.6) is 11.5 Å². The first-order chi connectivity index (χ1) is 14.0. The summed E-state index contributed by atoms with van der Waals surface area (Å²) >= 11 is 0. The molecule has 4 rings (SSSR count). The molecule has 0 spiro atoms. The molecule has 0 bridgehead atoms. The first-order valence-corrected chi connectivity index (χ1v) is 8.96. The van der Waals surface area contributed by atoms with Gasteiger partial charge in [0.2, 0.25) is 0 Å². The van der Waals surface area contributed by atoms with Crippen molar-refractivity contribution >= 4 is 11.9 Å². The Morgan fingerprint density at radius 2 is 1.83 bits per heavy atom. The van der Waals surface area contributed by atoms with E-state index in [1.165, 1.54) is 4.57 Å². The summed E-state index contributed by atoms with van der Waals surface area (Å²) in [5.74, 6) is 0.611. The molecular weight excluding hydrogens is 372 g/mol. The van der Waals surface area contributed by atoms with Gasteiger partial charge in [0.1, 0.15) is 11.5 Å². The van der Waals surface area contributed by atoms with E-state index in [2.05, 4.69) is 15.6 Å². The van der Waals surface area contributed by atoms with Gasteiger partial charge >= 0.3 is 6.03 Å². The predicted molar refractivity (Wildman–Crippen MR) is 105 cm³/mol. The summed E-state index contributed by atoms with van der Waals surface area (Å²) in [6.45, 7) is 1.66. The van der Waals surface area contributed by atoms with Crippen LogP contribution in [0.4, 0.5) is 4.79 Å². The number of ether oxygens (including phenoxy) is 1. The number of urea groups is 1. The number of aryl methyl sites for hydroxylation is 1. The van der Waals surface area contributed by atoms with E-state index >= 15 is 0 Å². The maximum atomic E-state index is 12.7. The highest BCUT2D eigenvalue weighted by atomic mass is 16.5. The fraction of sp³-hybridized carbons (Fsp3) is 0.143. The van der Waals surface area contributed by atoms with E-state index < -0.39 is 17.5 Å². The number of aromatic nitrogens is 2. The van der Waals surface area contributed by atoms with Crippen molar-refractivity contribution < 1.29 is 14.3 Å². The zero-order valence-corrected chi connectivity index (χ0v) is 15.6. The number of amides is 3. The average molecular weight is 390 g/mol. The lowest BCUT2D eigenvalue weighted by atomic mass is 9.89. The zero-order valence-electron chi connectivity index (χ0n) is 15.6. The molecule has 0 aliphatic carbocycles. The minimum atomic E-state index is -1.40. The number of benzene rings is 1. The summed E-state index contributed by atoms with van der Waals surface area (Å²) in [5, 5.41) is 4.96. The second kappa shape index (κ2) is 7.23. The maximum absolute atomic E-state index is 12.7. The lowest BCUT2D eigenvalue weighted by molar-refractivity contribution is -0.124. The van der Waals surface area contributed by atoms with Gasteiger partial charge in [0, 0.05) is 18.0 Å². The van der Waals surface area contributed by atoms with E-state index in [0.29, 0.717) is 22.6 Å². The second-order valence-corrected chi connectivity index (χ2v) is 6.75. The number of carbonyl (C=O) groups excluding carboxylic acids is 2. The van der Waals surface area contributed by atoms with E-state index in [1.807, 2.05) is 0 Å². The summed E-state index contributed by atoms with van der Waals surface area (Å²) < 4.78 is 7.14. The van der Waals surface area contributed by atoms with Gasteiger partial charge in [-0.3, -0.25) is 19.9 Å². The standard InChI is InChI=1S/C21H18N4O4/c1-14-4-3-11-25(18(14)26)13-21(19(27)23-20(28)24-21)15-6-8-16(9-7-15)29-17-5-2-10-22-12-17/h2-12H,13H2,1H3,(H2,23,24,27,28). The molecule has 0 radical (unpaired) electrons. The normalized spacial score (nSPS) is 18.2. The molecule has 3 aromatic rings. The number of nitrogens with one attached hydrogen (secondary N) is 2. The molecule has 0 saturated carbocycles. The van der Waals surface area contributed by atoms with Gasteiger partial charge < -0.3 is 14.6 Å². The lowest BCUT2D eigenvalue weighted by Crippen LogP contribution is -2.49. The van der Waals surface area contributed by atoms with E-state index in [0.717, 1.165) is 0 Å². The number of nitrogens with zero attached hydrogens (tertiary/aromatic N) is 2. The minimum Gasteiger partial charge on any atom is -0.456 e. The lowest BCUT2D eigenvalue weighted by Gasteiger charge is -2.27. The highest BCUT2D eigenvalue weighted by molar-refractivity contribution is 6.07. The van der Waals surface area contributed by atoms with Crippen molar-refractivity contribution in [1.82, 2.24) is 20.2 Å². The quantitative estimate of drug-likeness (QED) is 0.650. The Morgan fingerprint density at radius 3 is 2.48 bits per heavy atom. The highest BCUT2D eigenvalue weighted by Crippen LogP contribution is 2.29. The van der Waals surface area contributed by atoms with Crippen molar-refractivity contribution in [2.45, 2.75) is 19.0 Å². The molecule has 1 unspecified atom stereocenters. The molecule has 3 heterocycles. The molecule has 1 aliphatic rings. The summed E-state index contributed by atoms with van der Waals surface area (Å²) in [6, 6.07) is 13.1. The molecule has 8 heteroatoms. The molecule has 29 heavy (non-hydrogen) atoms. The molecule has 1 atom stereocenters. The highest BCUT2D eigenvalue weighted by Gasteiger charge is 2.48. The number of imide groups is 1. The Hall–Kier alpha value is -3.94. The molecule has 2 aromatic heterocycles. The maximum Gasteiger partial charge on any atom is 0.322 e. The first-order valence-electron chi connectivity index (χ1n) is 8.96. The van der Waals surface area contributed by atoms with Crippen LogP contribution < -0.4 is 20.9 Å². The van der Waals surface area contributed by atoms with Crippen LogP contribution in [0.1, 0.15) is 11.1 Å². The largest absolute Gasteiger partial charge is 0.456 e. The van der Waals surface area contributed by atoms with Crippen LogP contribution in [0.25, 0.3) is 0 Å². The summed E-state index contributed by atoms with van der Waals surface area (Å²) in [6.07, 6.45) is 4.83. The second-order valence-electron chi connectivity index (χ2n) is 6.75. The Morgan fingerprint density at radius 1 is 1.03 bits per heavy atom. The number of pyridine rings is 2. The van der Waals surface area contributed by atoms with Gasteiger partial charge in [0.15, 0.2) is 5.54 Å². The van der Waals surface area contributed by atoms with Crippen LogP contribution in [0.3, 0.4) is 0 Å². The fourth-order valence-corrected chi connectivity index (χ4v) is 3.29. The third-order valence-electron chi connectivity index (χ3n) is 4.78. The van der Waals surface area contributed by atoms with Crippen molar-refractivity contribution in [3.05, 3.63) is 88.6 Å². The Labute approximate surface area is 166 Å². The molecule has 1 saturated heterocycles. The molecule has 1 fully saturated rings. The molecule has 1 aromatic carbocycles. The molecule has 2 N–H and O–H groups in total. The van der Waals surface area contributed by atoms with Gasteiger partial charge in [-0.15, -0.1) is 0 Å². The Kier molecular flexibility index (Phi) is 4.59. The zero-order chi connectivity index (χ0) is 20.4. The van der Waals surface area contributed by atoms with Gasteiger partial charge in [0.05, 0.1) is 12.7 Å². The topological polar surface area (TPSA) is 102 Å². The van der Waals surface area contributed by atoms with Crippen LogP contribution in [0, 0.1) is 6.92 Å². The van der Waals surface area contributed by atoms with E-state index in [9.17, 15) is 14.4 Å². The first kappa shape index (κ1) is 18.4. The fourth-order valence-electron chi connectivity index (χ4n) is 3.29. The third-order valence-corrected chi connectivity index (χ3v) is 4.78. The Balaban J connectivity index is 1.69. The smallest absolute Gasteiger partial charge is 0.322 e. The van der Waals surface area contributed by atoms with Crippen LogP contribution in [-0.4, -0.2) is 21.5 Å². The van der Waals surface area contributed by atoms with Crippen molar-refractivity contribution in [2.24, 2.45) is 0 Å². The van der Waals surface area contributed by atoms with Crippen molar-refractivity contribution in [3.8, 4) is 11.5 Å². The Bertz CT molecular complexity index is 1130. The average Bonchev–Trinajstić information content (AvgIpc) is 3.01. The summed E-state index contributed by atoms with van der Waals surface area (Å²) in [5.41, 5.74) is -0.542. The molecular formula is C21H18N4O4. The third kappa shape index (κ3) is 3.47. The van der Waals surface area contributed by atoms with E-state index in [1.54, 1.807) is 74.0 Å². The van der Waals surface area contributed by atoms with Gasteiger partial charge in [-0.2, -0.15) is 0 Å². The van der Waals surface area contributed by atoms with Crippen LogP contribution in [-0.2, 0) is 16.9 Å². The minimum absolute atomic E-state index is 0.0338. The number of hydrogen-bond donors (Lipinski definition) is 2. The predicted octanol–water partition coefficient (Wildman–Crippen LogP) is 2.08. The van der Waals surface area contributed by atoms with Crippen molar-refractivity contribution in [1.29, 1.82) is 0 Å². The van der Waals surface area contributed by atoms with Crippen LogP contribution in [0.15, 0.2) is 71.9 Å².